The Morgan fingerprint density at radius 1 is 0.824 bits per heavy atom. The van der Waals surface area contributed by atoms with Crippen LogP contribution in [0, 0.1) is 17.3 Å². The van der Waals surface area contributed by atoms with E-state index in [4.69, 9.17) is 4.74 Å². The summed E-state index contributed by atoms with van der Waals surface area (Å²) in [6.07, 6.45) is 3.45. The second kappa shape index (κ2) is 19.7. The number of hydrogen-bond acceptors (Lipinski definition) is 9. The van der Waals surface area contributed by atoms with Gasteiger partial charge in [0.25, 0.3) is 0 Å². The number of carbonyl (C=O) groups is 8. The molecule has 1 saturated heterocycles. The van der Waals surface area contributed by atoms with Crippen molar-refractivity contribution < 1.29 is 43.1 Å². The standard InChI is InChI=1S/C36H52N6O9/c1-23(43)33(25-14-15-25)51-22-40-30(46)20-39-34(49)27(17-24-11-7-5-8-12-24)41-31(47)21-38-29(45)19-37-28(44)13-9-6-10-16-42-32(48)18-26(35(42)50)36(2,3)4/h5,7-8,11-12,25-27,33H,6,9-10,13-22H2,1-4H3,(H,37,44)(H,38,45)(H,39,49)(H,40,46)(H,41,47)/t26?,27-,33?/m0/s1. The van der Waals surface area contributed by atoms with E-state index in [1.807, 2.05) is 26.8 Å². The smallest absolute Gasteiger partial charge is 0.243 e. The van der Waals surface area contributed by atoms with Crippen molar-refractivity contribution in [2.75, 3.05) is 32.9 Å². The molecule has 0 aromatic heterocycles. The predicted octanol–water partition coefficient (Wildman–Crippen LogP) is 0.502. The molecule has 0 radical (unpaired) electrons. The van der Waals surface area contributed by atoms with Crippen molar-refractivity contribution in [3.05, 3.63) is 35.9 Å². The van der Waals surface area contributed by atoms with Crippen LogP contribution in [-0.2, 0) is 49.5 Å². The van der Waals surface area contributed by atoms with E-state index in [9.17, 15) is 38.4 Å². The Kier molecular flexibility index (Phi) is 15.7. The second-order valence-electron chi connectivity index (χ2n) is 14.2. The lowest BCUT2D eigenvalue weighted by atomic mass is 9.80. The molecule has 3 rings (SSSR count). The summed E-state index contributed by atoms with van der Waals surface area (Å²) in [6, 6.07) is 7.88. The summed E-state index contributed by atoms with van der Waals surface area (Å²) < 4.78 is 5.49. The highest BCUT2D eigenvalue weighted by molar-refractivity contribution is 6.03. The zero-order chi connectivity index (χ0) is 37.6. The van der Waals surface area contributed by atoms with Gasteiger partial charge in [0, 0.05) is 25.8 Å². The molecule has 15 heteroatoms. The van der Waals surface area contributed by atoms with Gasteiger partial charge in [-0.3, -0.25) is 43.3 Å². The number of imide groups is 1. The van der Waals surface area contributed by atoms with Crippen molar-refractivity contribution >= 4 is 47.1 Å². The van der Waals surface area contributed by atoms with Gasteiger partial charge in [0.05, 0.1) is 25.6 Å². The minimum absolute atomic E-state index is 0.105. The molecule has 5 N–H and O–H groups in total. The van der Waals surface area contributed by atoms with Crippen molar-refractivity contribution in [1.82, 2.24) is 31.5 Å². The largest absolute Gasteiger partial charge is 0.350 e. The first-order valence-electron chi connectivity index (χ1n) is 17.5. The van der Waals surface area contributed by atoms with Crippen LogP contribution in [0.5, 0.6) is 0 Å². The lowest BCUT2D eigenvalue weighted by molar-refractivity contribution is -0.140. The molecule has 15 nitrogen and oxygen atoms in total. The van der Waals surface area contributed by atoms with Gasteiger partial charge in [-0.25, -0.2) is 0 Å². The van der Waals surface area contributed by atoms with Gasteiger partial charge in [0.1, 0.15) is 18.9 Å². The third kappa shape index (κ3) is 14.2. The Bertz CT molecular complexity index is 1420. The second-order valence-corrected chi connectivity index (χ2v) is 14.2. The molecule has 2 fully saturated rings. The van der Waals surface area contributed by atoms with Crippen molar-refractivity contribution in [3.8, 4) is 0 Å². The van der Waals surface area contributed by atoms with Gasteiger partial charge in [-0.2, -0.15) is 0 Å². The van der Waals surface area contributed by atoms with Gasteiger partial charge in [0.15, 0.2) is 5.78 Å². The first-order valence-corrected chi connectivity index (χ1v) is 17.5. The summed E-state index contributed by atoms with van der Waals surface area (Å²) in [5.74, 6) is -3.32. The number of likely N-dealkylation sites (tertiary alicyclic amines) is 1. The number of amides is 7. The first-order chi connectivity index (χ1) is 24.1. The molecule has 7 amide bonds. The highest BCUT2D eigenvalue weighted by Gasteiger charge is 2.44. The van der Waals surface area contributed by atoms with Gasteiger partial charge in [-0.05, 0) is 49.5 Å². The average Bonchev–Trinajstić information content (AvgIpc) is 3.87. The number of benzene rings is 1. The number of unbranched alkanes of at least 4 members (excludes halogenated alkanes) is 2. The van der Waals surface area contributed by atoms with Crippen LogP contribution in [0.4, 0.5) is 0 Å². The van der Waals surface area contributed by atoms with Crippen LogP contribution in [-0.4, -0.2) is 97.1 Å². The lowest BCUT2D eigenvalue weighted by Crippen LogP contribution is -2.52. The SMILES string of the molecule is CC(=O)C(OCNC(=O)CNC(=O)[C@H](Cc1ccccc1)NC(=O)CNC(=O)CNC(=O)CCCCCN1C(=O)CC(C(C)(C)C)C1=O)C1CC1. The molecule has 1 aliphatic carbocycles. The molecule has 1 heterocycles. The quantitative estimate of drug-likeness (QED) is 0.0682. The fourth-order valence-corrected chi connectivity index (χ4v) is 5.69. The van der Waals surface area contributed by atoms with E-state index < -0.39 is 42.3 Å². The van der Waals surface area contributed by atoms with Crippen molar-refractivity contribution in [3.63, 3.8) is 0 Å². The van der Waals surface area contributed by atoms with Gasteiger partial charge < -0.3 is 31.3 Å². The zero-order valence-electron chi connectivity index (χ0n) is 30.0. The highest BCUT2D eigenvalue weighted by Crippen LogP contribution is 2.36. The molecule has 3 atom stereocenters. The molecule has 2 unspecified atom stereocenters. The maximum atomic E-state index is 13.0. The summed E-state index contributed by atoms with van der Waals surface area (Å²) in [5, 5.41) is 12.5. The summed E-state index contributed by atoms with van der Waals surface area (Å²) in [6.45, 7) is 6.22. The van der Waals surface area contributed by atoms with Gasteiger partial charge in [-0.15, -0.1) is 0 Å². The van der Waals surface area contributed by atoms with Crippen LogP contribution in [0.15, 0.2) is 30.3 Å². The Morgan fingerprint density at radius 3 is 2.08 bits per heavy atom. The molecule has 1 saturated carbocycles. The molecule has 1 aromatic carbocycles. The number of hydrogen-bond donors (Lipinski definition) is 5. The van der Waals surface area contributed by atoms with Gasteiger partial charge in [0.2, 0.25) is 41.4 Å². The van der Waals surface area contributed by atoms with Crippen molar-refractivity contribution in [2.24, 2.45) is 17.3 Å². The first kappa shape index (κ1) is 40.8. The summed E-state index contributed by atoms with van der Waals surface area (Å²) in [5.41, 5.74) is 0.470. The topological polar surface area (TPSA) is 209 Å². The number of ketones is 1. The van der Waals surface area contributed by atoms with Crippen LogP contribution >= 0.6 is 0 Å². The Morgan fingerprint density at radius 2 is 1.45 bits per heavy atom. The van der Waals surface area contributed by atoms with E-state index in [-0.39, 0.29) is 79.8 Å². The lowest BCUT2D eigenvalue weighted by Gasteiger charge is -2.24. The Balaban J connectivity index is 1.33. The molecule has 1 aromatic rings. The molecular weight excluding hydrogens is 660 g/mol. The van der Waals surface area contributed by atoms with Crippen LogP contribution < -0.4 is 26.6 Å². The van der Waals surface area contributed by atoms with Crippen LogP contribution in [0.2, 0.25) is 0 Å². The number of nitrogens with zero attached hydrogens (tertiary/aromatic N) is 1. The zero-order valence-corrected chi connectivity index (χ0v) is 30.0. The van der Waals surface area contributed by atoms with Crippen molar-refractivity contribution in [1.29, 1.82) is 0 Å². The number of ether oxygens (including phenoxy) is 1. The molecular formula is C36H52N6O9. The van der Waals surface area contributed by atoms with Gasteiger partial charge >= 0.3 is 0 Å². The number of carbonyl (C=O) groups excluding carboxylic acids is 8. The molecule has 51 heavy (non-hydrogen) atoms. The third-order valence-electron chi connectivity index (χ3n) is 8.81. The molecule has 0 bridgehead atoms. The van der Waals surface area contributed by atoms with Crippen molar-refractivity contribution in [2.45, 2.75) is 91.2 Å². The van der Waals surface area contributed by atoms with Crippen LogP contribution in [0.25, 0.3) is 0 Å². The van der Waals surface area contributed by atoms with E-state index in [2.05, 4.69) is 26.6 Å². The number of nitrogens with one attached hydrogen (secondary N) is 5. The minimum atomic E-state index is -1.06. The minimum Gasteiger partial charge on any atom is -0.350 e. The predicted molar refractivity (Wildman–Crippen MR) is 185 cm³/mol. The average molecular weight is 713 g/mol. The van der Waals surface area contributed by atoms with Crippen LogP contribution in [0.1, 0.15) is 78.2 Å². The fourth-order valence-electron chi connectivity index (χ4n) is 5.69. The Hall–Kier alpha value is -4.66. The molecule has 2 aliphatic rings. The molecule has 0 spiro atoms. The number of rotatable bonds is 21. The van der Waals surface area contributed by atoms with E-state index in [1.165, 1.54) is 11.8 Å². The summed E-state index contributed by atoms with van der Waals surface area (Å²) >= 11 is 0. The fraction of sp³-hybridized carbons (Fsp3) is 0.611. The third-order valence-corrected chi connectivity index (χ3v) is 8.81. The van der Waals surface area contributed by atoms with E-state index in [0.29, 0.717) is 25.8 Å². The van der Waals surface area contributed by atoms with Crippen LogP contribution in [0.3, 0.4) is 0 Å². The van der Waals surface area contributed by atoms with E-state index >= 15 is 0 Å². The number of Topliss-reactive ketones (excluding diaryl/α,β-unsaturated/α-hetero) is 1. The normalized spacial score (nSPS) is 16.9. The monoisotopic (exact) mass is 712 g/mol. The summed E-state index contributed by atoms with van der Waals surface area (Å²) in [4.78, 5) is 100. The Labute approximate surface area is 298 Å². The maximum Gasteiger partial charge on any atom is 0.243 e. The maximum absolute atomic E-state index is 13.0. The van der Waals surface area contributed by atoms with Gasteiger partial charge in [-0.1, -0.05) is 57.5 Å². The van der Waals surface area contributed by atoms with E-state index in [0.717, 1.165) is 18.4 Å². The molecule has 280 valence electrons. The molecule has 1 aliphatic heterocycles. The highest BCUT2D eigenvalue weighted by atomic mass is 16.5. The summed E-state index contributed by atoms with van der Waals surface area (Å²) in [7, 11) is 0. The van der Waals surface area contributed by atoms with E-state index in [1.54, 1.807) is 24.3 Å².